The van der Waals surface area contributed by atoms with Crippen molar-refractivity contribution in [1.29, 1.82) is 0 Å². The number of nitrogens with one attached hydrogen (secondary N) is 1. The van der Waals surface area contributed by atoms with Crippen LogP contribution < -0.4 is 5.32 Å². The maximum Gasteiger partial charge on any atom is 0.326 e. The van der Waals surface area contributed by atoms with Gasteiger partial charge >= 0.3 is 5.97 Å². The third-order valence-electron chi connectivity index (χ3n) is 4.28. The number of nitrogens with zero attached hydrogens (tertiary/aromatic N) is 1. The topological polar surface area (TPSA) is 104 Å². The van der Waals surface area contributed by atoms with E-state index in [0.717, 1.165) is 6.42 Å². The Morgan fingerprint density at radius 1 is 1.15 bits per heavy atom. The zero-order valence-electron chi connectivity index (χ0n) is 15.2. The summed E-state index contributed by atoms with van der Waals surface area (Å²) in [6.07, 6.45) is 1.87. The normalized spacial score (nSPS) is 14.5. The second-order valence-corrected chi connectivity index (χ2v) is 6.87. The molecular weight excluding hydrogens is 336 g/mol. The molecule has 2 N–H and O–H groups in total. The standard InChI is InChI=1S/C19H24N2O5/c1-4-5-8-21-17(23)13-7-6-12(10-14(13)18(21)24)16(22)20-15(19(25)26)9-11(2)3/h6-7,10-11,15H,4-5,8-9H2,1-3H3,(H,20,22)(H,25,26)/t15-/m0/s1. The number of rotatable bonds is 8. The molecule has 1 atom stereocenters. The quantitative estimate of drug-likeness (QED) is 0.692. The number of unbranched alkanes of at least 4 members (excludes halogenated alkanes) is 1. The molecule has 0 aliphatic carbocycles. The van der Waals surface area contributed by atoms with Crippen LogP contribution in [0.1, 0.15) is 71.1 Å². The van der Waals surface area contributed by atoms with Crippen molar-refractivity contribution in [3.8, 4) is 0 Å². The van der Waals surface area contributed by atoms with E-state index in [1.54, 1.807) is 0 Å². The number of carbonyl (C=O) groups is 4. The molecule has 140 valence electrons. The molecule has 2 rings (SSSR count). The molecule has 3 amide bonds. The summed E-state index contributed by atoms with van der Waals surface area (Å²) in [6, 6.07) is 3.26. The van der Waals surface area contributed by atoms with Crippen molar-refractivity contribution in [3.05, 3.63) is 34.9 Å². The van der Waals surface area contributed by atoms with Crippen LogP contribution in [0.3, 0.4) is 0 Å². The Bertz CT molecular complexity index is 741. The number of carboxylic acids is 1. The van der Waals surface area contributed by atoms with Gasteiger partial charge in [-0.15, -0.1) is 0 Å². The molecule has 26 heavy (non-hydrogen) atoms. The minimum atomic E-state index is -1.11. The van der Waals surface area contributed by atoms with Crippen LogP contribution in [0.4, 0.5) is 0 Å². The molecule has 1 aliphatic heterocycles. The maximum atomic E-state index is 12.4. The summed E-state index contributed by atoms with van der Waals surface area (Å²) in [4.78, 5) is 49.6. The Balaban J connectivity index is 2.20. The van der Waals surface area contributed by atoms with E-state index in [4.69, 9.17) is 0 Å². The van der Waals surface area contributed by atoms with Gasteiger partial charge in [0, 0.05) is 12.1 Å². The summed E-state index contributed by atoms with van der Waals surface area (Å²) >= 11 is 0. The molecule has 1 aromatic rings. The number of hydrogen-bond acceptors (Lipinski definition) is 4. The molecule has 0 spiro atoms. The Kier molecular flexibility index (Phi) is 6.13. The van der Waals surface area contributed by atoms with Crippen molar-refractivity contribution in [1.82, 2.24) is 10.2 Å². The van der Waals surface area contributed by atoms with Gasteiger partial charge in [-0.2, -0.15) is 0 Å². The summed E-state index contributed by atoms with van der Waals surface area (Å²) < 4.78 is 0. The zero-order chi connectivity index (χ0) is 19.4. The number of hydrogen-bond donors (Lipinski definition) is 2. The number of fused-ring (bicyclic) bond motifs is 1. The number of aliphatic carboxylic acids is 1. The van der Waals surface area contributed by atoms with Crippen LogP contribution in [0.2, 0.25) is 0 Å². The molecule has 0 fully saturated rings. The van der Waals surface area contributed by atoms with Crippen molar-refractivity contribution in [2.45, 2.75) is 46.1 Å². The number of benzene rings is 1. The van der Waals surface area contributed by atoms with Gasteiger partial charge in [-0.25, -0.2) is 4.79 Å². The molecule has 7 nitrogen and oxygen atoms in total. The average molecular weight is 360 g/mol. The van der Waals surface area contributed by atoms with E-state index in [0.29, 0.717) is 19.4 Å². The lowest BCUT2D eigenvalue weighted by atomic mass is 10.0. The summed E-state index contributed by atoms with van der Waals surface area (Å²) in [6.45, 7) is 6.05. The predicted molar refractivity (Wildman–Crippen MR) is 95.1 cm³/mol. The third-order valence-corrected chi connectivity index (χ3v) is 4.28. The van der Waals surface area contributed by atoms with E-state index in [1.807, 2.05) is 20.8 Å². The molecule has 0 radical (unpaired) electrons. The second-order valence-electron chi connectivity index (χ2n) is 6.87. The first-order chi connectivity index (χ1) is 12.3. The first kappa shape index (κ1) is 19.6. The summed E-state index contributed by atoms with van der Waals surface area (Å²) in [5, 5.41) is 11.7. The number of carboxylic acid groups (broad SMARTS) is 1. The average Bonchev–Trinajstić information content (AvgIpc) is 2.82. The van der Waals surface area contributed by atoms with Crippen molar-refractivity contribution in [2.24, 2.45) is 5.92 Å². The lowest BCUT2D eigenvalue weighted by Gasteiger charge is -2.16. The fraction of sp³-hybridized carbons (Fsp3) is 0.474. The van der Waals surface area contributed by atoms with Gasteiger partial charge in [0.1, 0.15) is 6.04 Å². The fourth-order valence-corrected chi connectivity index (χ4v) is 2.89. The molecule has 0 bridgehead atoms. The van der Waals surface area contributed by atoms with E-state index in [1.165, 1.54) is 23.1 Å². The zero-order valence-corrected chi connectivity index (χ0v) is 15.2. The number of imide groups is 1. The SMILES string of the molecule is CCCCN1C(=O)c2ccc(C(=O)N[C@@H](CC(C)C)C(=O)O)cc2C1=O. The van der Waals surface area contributed by atoms with E-state index in [9.17, 15) is 24.3 Å². The molecule has 0 saturated heterocycles. The molecule has 0 aromatic heterocycles. The van der Waals surface area contributed by atoms with Crippen LogP contribution in [0.25, 0.3) is 0 Å². The highest BCUT2D eigenvalue weighted by Gasteiger charge is 2.35. The van der Waals surface area contributed by atoms with Crippen molar-refractivity contribution in [3.63, 3.8) is 0 Å². The molecule has 1 heterocycles. The highest BCUT2D eigenvalue weighted by Crippen LogP contribution is 2.24. The van der Waals surface area contributed by atoms with Gasteiger partial charge in [0.05, 0.1) is 11.1 Å². The van der Waals surface area contributed by atoms with Gasteiger partial charge in [0.25, 0.3) is 17.7 Å². The van der Waals surface area contributed by atoms with Crippen LogP contribution in [-0.2, 0) is 4.79 Å². The van der Waals surface area contributed by atoms with E-state index in [2.05, 4.69) is 5.32 Å². The van der Waals surface area contributed by atoms with E-state index < -0.39 is 23.8 Å². The Morgan fingerprint density at radius 3 is 2.38 bits per heavy atom. The maximum absolute atomic E-state index is 12.4. The van der Waals surface area contributed by atoms with E-state index >= 15 is 0 Å². The van der Waals surface area contributed by atoms with Gasteiger partial charge in [0.15, 0.2) is 0 Å². The van der Waals surface area contributed by atoms with Crippen molar-refractivity contribution >= 4 is 23.7 Å². The summed E-state index contributed by atoms with van der Waals surface area (Å²) in [5.74, 6) is -2.35. The van der Waals surface area contributed by atoms with Gasteiger partial charge in [-0.05, 0) is 37.0 Å². The van der Waals surface area contributed by atoms with Gasteiger partial charge in [0.2, 0.25) is 0 Å². The van der Waals surface area contributed by atoms with Crippen LogP contribution in [0, 0.1) is 5.92 Å². The Labute approximate surface area is 152 Å². The number of carbonyl (C=O) groups excluding carboxylic acids is 3. The smallest absolute Gasteiger partial charge is 0.326 e. The first-order valence-electron chi connectivity index (χ1n) is 8.80. The lowest BCUT2D eigenvalue weighted by molar-refractivity contribution is -0.139. The molecule has 1 aliphatic rings. The van der Waals surface area contributed by atoms with Crippen LogP contribution >= 0.6 is 0 Å². The van der Waals surface area contributed by atoms with Crippen LogP contribution in [-0.4, -0.2) is 46.3 Å². The summed E-state index contributed by atoms with van der Waals surface area (Å²) in [5.41, 5.74) is 0.631. The van der Waals surface area contributed by atoms with Gasteiger partial charge in [-0.1, -0.05) is 27.2 Å². The molecule has 7 heteroatoms. The molecular formula is C19H24N2O5. The second kappa shape index (κ2) is 8.12. The van der Waals surface area contributed by atoms with Gasteiger partial charge < -0.3 is 10.4 Å². The fourth-order valence-electron chi connectivity index (χ4n) is 2.89. The van der Waals surface area contributed by atoms with Crippen LogP contribution in [0.15, 0.2) is 18.2 Å². The first-order valence-corrected chi connectivity index (χ1v) is 8.80. The van der Waals surface area contributed by atoms with E-state index in [-0.39, 0.29) is 28.5 Å². The highest BCUT2D eigenvalue weighted by molar-refractivity contribution is 6.22. The number of amides is 3. The Morgan fingerprint density at radius 2 is 1.81 bits per heavy atom. The third kappa shape index (κ3) is 4.09. The molecule has 1 aromatic carbocycles. The monoisotopic (exact) mass is 360 g/mol. The molecule has 0 unspecified atom stereocenters. The molecule has 0 saturated carbocycles. The Hall–Kier alpha value is -2.70. The van der Waals surface area contributed by atoms with Crippen LogP contribution in [0.5, 0.6) is 0 Å². The van der Waals surface area contributed by atoms with Gasteiger partial charge in [-0.3, -0.25) is 19.3 Å². The van der Waals surface area contributed by atoms with Crippen molar-refractivity contribution in [2.75, 3.05) is 6.54 Å². The highest BCUT2D eigenvalue weighted by atomic mass is 16.4. The van der Waals surface area contributed by atoms with Crippen molar-refractivity contribution < 1.29 is 24.3 Å². The largest absolute Gasteiger partial charge is 0.480 e. The lowest BCUT2D eigenvalue weighted by Crippen LogP contribution is -2.41. The minimum absolute atomic E-state index is 0.0998. The predicted octanol–water partition coefficient (Wildman–Crippen LogP) is 2.31. The summed E-state index contributed by atoms with van der Waals surface area (Å²) in [7, 11) is 0. The minimum Gasteiger partial charge on any atom is -0.480 e.